The minimum atomic E-state index is -0.392. The normalized spacial score (nSPS) is 10.5. The molecule has 0 N–H and O–H groups in total. The quantitative estimate of drug-likeness (QED) is 0.708. The van der Waals surface area contributed by atoms with Gasteiger partial charge in [0.1, 0.15) is 0 Å². The molecule has 0 fully saturated rings. The van der Waals surface area contributed by atoms with E-state index in [1.54, 1.807) is 16.7 Å². The third-order valence-electron chi connectivity index (χ3n) is 2.75. The summed E-state index contributed by atoms with van der Waals surface area (Å²) in [5.74, 6) is -0.462. The second-order valence-electron chi connectivity index (χ2n) is 3.87. The van der Waals surface area contributed by atoms with Gasteiger partial charge in [-0.3, -0.25) is 9.36 Å². The average molecular weight is 231 g/mol. The molecule has 88 valence electrons. The first-order valence-electron chi connectivity index (χ1n) is 5.26. The summed E-state index contributed by atoms with van der Waals surface area (Å²) in [7, 11) is 1.34. The molecule has 1 heterocycles. The molecule has 4 nitrogen and oxygen atoms in total. The fourth-order valence-electron chi connectivity index (χ4n) is 2.07. The maximum absolute atomic E-state index is 11.6. The van der Waals surface area contributed by atoms with Gasteiger partial charge in [0.05, 0.1) is 18.2 Å². The molecule has 0 aliphatic rings. The van der Waals surface area contributed by atoms with Gasteiger partial charge < -0.3 is 4.74 Å². The Morgan fingerprint density at radius 1 is 1.29 bits per heavy atom. The zero-order valence-corrected chi connectivity index (χ0v) is 9.98. The minimum Gasteiger partial charge on any atom is -0.465 e. The average Bonchev–Trinajstić information content (AvgIpc) is 2.63. The highest BCUT2D eigenvalue weighted by molar-refractivity contribution is 6.06. The molecule has 4 heteroatoms. The lowest BCUT2D eigenvalue weighted by molar-refractivity contribution is 0.0602. The number of hydrogen-bond donors (Lipinski definition) is 0. The molecule has 2 aromatic rings. The molecule has 2 rings (SSSR count). The summed E-state index contributed by atoms with van der Waals surface area (Å²) in [5, 5.41) is 0.743. The van der Waals surface area contributed by atoms with E-state index < -0.39 is 5.97 Å². The number of rotatable bonds is 1. The van der Waals surface area contributed by atoms with Crippen LogP contribution >= 0.6 is 0 Å². The summed E-state index contributed by atoms with van der Waals surface area (Å²) >= 11 is 0. The fraction of sp³-hybridized carbons (Fsp3) is 0.231. The van der Waals surface area contributed by atoms with Gasteiger partial charge in [0, 0.05) is 18.0 Å². The maximum atomic E-state index is 11.6. The van der Waals surface area contributed by atoms with Gasteiger partial charge in [-0.2, -0.15) is 0 Å². The van der Waals surface area contributed by atoms with Gasteiger partial charge in [-0.05, 0) is 25.1 Å². The largest absolute Gasteiger partial charge is 0.465 e. The summed E-state index contributed by atoms with van der Waals surface area (Å²) < 4.78 is 6.31. The molecule has 1 aromatic carbocycles. The van der Waals surface area contributed by atoms with Crippen molar-refractivity contribution in [1.82, 2.24) is 4.57 Å². The predicted octanol–water partition coefficient (Wildman–Crippen LogP) is 2.40. The Morgan fingerprint density at radius 3 is 2.59 bits per heavy atom. The van der Waals surface area contributed by atoms with Gasteiger partial charge in [0.2, 0.25) is 5.91 Å². The number of carbonyl (C=O) groups excluding carboxylic acids is 2. The molecule has 0 amide bonds. The second-order valence-corrected chi connectivity index (χ2v) is 3.87. The smallest absolute Gasteiger partial charge is 0.338 e. The van der Waals surface area contributed by atoms with E-state index in [0.717, 1.165) is 16.6 Å². The SMILES string of the molecule is COC(=O)c1cccc2c1cc(C)n2C(C)=O. The van der Waals surface area contributed by atoms with Gasteiger partial charge in [-0.25, -0.2) is 4.79 Å². The standard InChI is InChI=1S/C13H13NO3/c1-8-7-11-10(13(16)17-3)5-4-6-12(11)14(8)9(2)15/h4-7H,1-3H3. The van der Waals surface area contributed by atoms with Crippen molar-refractivity contribution in [3.8, 4) is 0 Å². The van der Waals surface area contributed by atoms with Crippen molar-refractivity contribution in [2.24, 2.45) is 0 Å². The van der Waals surface area contributed by atoms with Crippen molar-refractivity contribution in [3.05, 3.63) is 35.5 Å². The van der Waals surface area contributed by atoms with Crippen LogP contribution in [-0.2, 0) is 4.74 Å². The van der Waals surface area contributed by atoms with E-state index in [1.165, 1.54) is 14.0 Å². The molecule has 0 aliphatic carbocycles. The van der Waals surface area contributed by atoms with Crippen LogP contribution in [0.4, 0.5) is 0 Å². The maximum Gasteiger partial charge on any atom is 0.338 e. The number of aryl methyl sites for hydroxylation is 1. The lowest BCUT2D eigenvalue weighted by Crippen LogP contribution is -2.07. The van der Waals surface area contributed by atoms with Gasteiger partial charge in [-0.1, -0.05) is 6.07 Å². The Morgan fingerprint density at radius 2 is 2.00 bits per heavy atom. The molecule has 0 unspecified atom stereocenters. The fourth-order valence-corrected chi connectivity index (χ4v) is 2.07. The van der Waals surface area contributed by atoms with Crippen LogP contribution in [-0.4, -0.2) is 23.6 Å². The van der Waals surface area contributed by atoms with Crippen LogP contribution < -0.4 is 0 Å². The Hall–Kier alpha value is -2.10. The first-order valence-corrected chi connectivity index (χ1v) is 5.26. The summed E-state index contributed by atoms with van der Waals surface area (Å²) in [6.45, 7) is 3.33. The van der Waals surface area contributed by atoms with E-state index in [9.17, 15) is 9.59 Å². The van der Waals surface area contributed by atoms with Crippen molar-refractivity contribution in [1.29, 1.82) is 0 Å². The third kappa shape index (κ3) is 1.71. The Kier molecular flexibility index (Phi) is 2.71. The molecule has 0 spiro atoms. The molecule has 0 saturated heterocycles. The summed E-state index contributed by atoms with van der Waals surface area (Å²) in [4.78, 5) is 23.1. The van der Waals surface area contributed by atoms with Crippen LogP contribution in [0.15, 0.2) is 24.3 Å². The monoisotopic (exact) mass is 231 g/mol. The van der Waals surface area contributed by atoms with Gasteiger partial charge in [0.15, 0.2) is 0 Å². The molecule has 17 heavy (non-hydrogen) atoms. The van der Waals surface area contributed by atoms with Gasteiger partial charge >= 0.3 is 5.97 Å². The van der Waals surface area contributed by atoms with Crippen LogP contribution in [0.25, 0.3) is 10.9 Å². The number of methoxy groups -OCH3 is 1. The first kappa shape index (κ1) is 11.4. The predicted molar refractivity (Wildman–Crippen MR) is 64.3 cm³/mol. The van der Waals surface area contributed by atoms with E-state index in [0.29, 0.717) is 5.56 Å². The van der Waals surface area contributed by atoms with Crippen molar-refractivity contribution in [3.63, 3.8) is 0 Å². The van der Waals surface area contributed by atoms with E-state index in [4.69, 9.17) is 4.74 Å². The second kappa shape index (κ2) is 4.05. The first-order chi connectivity index (χ1) is 8.06. The van der Waals surface area contributed by atoms with E-state index in [1.807, 2.05) is 19.1 Å². The van der Waals surface area contributed by atoms with Crippen LogP contribution in [0, 0.1) is 6.92 Å². The summed E-state index contributed by atoms with van der Waals surface area (Å²) in [6.07, 6.45) is 0. The van der Waals surface area contributed by atoms with Crippen LogP contribution in [0.3, 0.4) is 0 Å². The van der Waals surface area contributed by atoms with Crippen molar-refractivity contribution in [2.75, 3.05) is 7.11 Å². The molecule has 0 bridgehead atoms. The third-order valence-corrected chi connectivity index (χ3v) is 2.75. The van der Waals surface area contributed by atoms with Gasteiger partial charge in [-0.15, -0.1) is 0 Å². The minimum absolute atomic E-state index is 0.0699. The Bertz CT molecular complexity index is 610. The number of nitrogens with zero attached hydrogens (tertiary/aromatic N) is 1. The number of esters is 1. The highest BCUT2D eigenvalue weighted by atomic mass is 16.5. The van der Waals surface area contributed by atoms with Crippen LogP contribution in [0.5, 0.6) is 0 Å². The number of hydrogen-bond acceptors (Lipinski definition) is 3. The zero-order valence-electron chi connectivity index (χ0n) is 9.98. The lowest BCUT2D eigenvalue weighted by atomic mass is 10.1. The molecular formula is C13H13NO3. The lowest BCUT2D eigenvalue weighted by Gasteiger charge is -2.03. The number of carbonyl (C=O) groups is 2. The molecule has 1 aromatic heterocycles. The zero-order chi connectivity index (χ0) is 12.6. The van der Waals surface area contributed by atoms with Crippen molar-refractivity contribution >= 4 is 22.8 Å². The van der Waals surface area contributed by atoms with Crippen molar-refractivity contribution in [2.45, 2.75) is 13.8 Å². The van der Waals surface area contributed by atoms with Crippen molar-refractivity contribution < 1.29 is 14.3 Å². The molecule has 0 saturated carbocycles. The van der Waals surface area contributed by atoms with E-state index in [-0.39, 0.29) is 5.91 Å². The summed E-state index contributed by atoms with van der Waals surface area (Å²) in [5.41, 5.74) is 2.02. The summed E-state index contributed by atoms with van der Waals surface area (Å²) in [6, 6.07) is 7.07. The van der Waals surface area contributed by atoms with E-state index >= 15 is 0 Å². The number of aromatic nitrogens is 1. The Labute approximate surface area is 98.8 Å². The Balaban J connectivity index is 2.80. The number of fused-ring (bicyclic) bond motifs is 1. The number of ether oxygens (including phenoxy) is 1. The molecule has 0 aliphatic heterocycles. The van der Waals surface area contributed by atoms with Gasteiger partial charge in [0.25, 0.3) is 0 Å². The number of benzene rings is 1. The van der Waals surface area contributed by atoms with Crippen LogP contribution in [0.1, 0.15) is 27.8 Å². The van der Waals surface area contributed by atoms with Crippen LogP contribution in [0.2, 0.25) is 0 Å². The topological polar surface area (TPSA) is 48.3 Å². The highest BCUT2D eigenvalue weighted by Gasteiger charge is 2.15. The highest BCUT2D eigenvalue weighted by Crippen LogP contribution is 2.23. The molecule has 0 radical (unpaired) electrons. The molecule has 0 atom stereocenters. The van der Waals surface area contributed by atoms with E-state index in [2.05, 4.69) is 0 Å². The molecular weight excluding hydrogens is 218 g/mol.